The molecule has 0 nitrogen and oxygen atoms in total. The van der Waals surface area contributed by atoms with Gasteiger partial charge in [0, 0.05) is 10.7 Å². The zero-order chi connectivity index (χ0) is 9.14. The van der Waals surface area contributed by atoms with E-state index in [1.165, 1.54) is 22.3 Å². The van der Waals surface area contributed by atoms with Gasteiger partial charge in [-0.05, 0) is 36.1 Å². The van der Waals surface area contributed by atoms with E-state index in [2.05, 4.69) is 57.8 Å². The molecule has 0 saturated heterocycles. The molecule has 66 valence electrons. The van der Waals surface area contributed by atoms with Crippen molar-refractivity contribution in [2.45, 2.75) is 24.5 Å². The fourth-order valence-electron chi connectivity index (χ4n) is 1.24. The maximum absolute atomic E-state index is 3.51. The van der Waals surface area contributed by atoms with E-state index in [-0.39, 0.29) is 0 Å². The van der Waals surface area contributed by atoms with Crippen molar-refractivity contribution in [2.24, 2.45) is 0 Å². The van der Waals surface area contributed by atoms with E-state index in [4.69, 9.17) is 0 Å². The smallest absolute Gasteiger partial charge is 0.0288 e. The lowest BCUT2D eigenvalue weighted by atomic mass is 10.00. The summed E-state index contributed by atoms with van der Waals surface area (Å²) >= 11 is 7.00. The van der Waals surface area contributed by atoms with Crippen molar-refractivity contribution >= 4 is 31.9 Å². The van der Waals surface area contributed by atoms with Gasteiger partial charge in [-0.3, -0.25) is 0 Å². The Balaban J connectivity index is 3.25. The second-order valence-electron chi connectivity index (χ2n) is 2.91. The minimum atomic E-state index is 0.940. The molecule has 1 aromatic carbocycles. The Hall–Kier alpha value is 0.180. The van der Waals surface area contributed by atoms with Crippen LogP contribution in [0.25, 0.3) is 0 Å². The monoisotopic (exact) mass is 290 g/mol. The van der Waals surface area contributed by atoms with E-state index in [9.17, 15) is 0 Å². The predicted molar refractivity (Wildman–Crippen MR) is 61.2 cm³/mol. The summed E-state index contributed by atoms with van der Waals surface area (Å²) in [4.78, 5) is 0. The molecule has 12 heavy (non-hydrogen) atoms. The summed E-state index contributed by atoms with van der Waals surface area (Å²) in [5, 5.41) is 1.89. The third kappa shape index (κ3) is 1.91. The average Bonchev–Trinajstić information content (AvgIpc) is 2.09. The summed E-state index contributed by atoms with van der Waals surface area (Å²) in [5.41, 5.74) is 5.58. The minimum absolute atomic E-state index is 0.940. The minimum Gasteiger partial charge on any atom is -0.0876 e. The zero-order valence-electron chi connectivity index (χ0n) is 7.32. The van der Waals surface area contributed by atoms with Gasteiger partial charge in [-0.25, -0.2) is 0 Å². The van der Waals surface area contributed by atoms with Crippen LogP contribution in [0.3, 0.4) is 0 Å². The average molecular weight is 292 g/mol. The molecule has 2 heteroatoms. The third-order valence-corrected chi connectivity index (χ3v) is 3.41. The molecule has 0 radical (unpaired) electrons. The Morgan fingerprint density at radius 2 is 1.75 bits per heavy atom. The Labute approximate surface area is 90.6 Å². The zero-order valence-corrected chi connectivity index (χ0v) is 10.5. The van der Waals surface area contributed by atoms with Crippen LogP contribution in [0.15, 0.2) is 12.1 Å². The molecule has 0 spiro atoms. The topological polar surface area (TPSA) is 0 Å². The van der Waals surface area contributed by atoms with Gasteiger partial charge in [0.25, 0.3) is 0 Å². The molecule has 1 rings (SSSR count). The van der Waals surface area contributed by atoms with Crippen LogP contribution in [0.5, 0.6) is 0 Å². The van der Waals surface area contributed by atoms with Crippen LogP contribution in [0.4, 0.5) is 0 Å². The molecular weight excluding hydrogens is 280 g/mol. The molecular formula is C10H12Br2. The van der Waals surface area contributed by atoms with Gasteiger partial charge in [-0.15, -0.1) is 0 Å². The van der Waals surface area contributed by atoms with Crippen LogP contribution >= 0.6 is 31.9 Å². The summed E-state index contributed by atoms with van der Waals surface area (Å²) in [6.07, 6.45) is 0. The number of hydrogen-bond acceptors (Lipinski definition) is 0. The van der Waals surface area contributed by atoms with Crippen LogP contribution in [-0.4, -0.2) is 0 Å². The summed E-state index contributed by atoms with van der Waals surface area (Å²) in [7, 11) is 0. The molecule has 0 unspecified atom stereocenters. The summed E-state index contributed by atoms with van der Waals surface area (Å²) in [6, 6.07) is 4.37. The van der Waals surface area contributed by atoms with Gasteiger partial charge >= 0.3 is 0 Å². The molecule has 0 N–H and O–H groups in total. The second-order valence-corrected chi connectivity index (χ2v) is 4.03. The fourth-order valence-corrected chi connectivity index (χ4v) is 2.55. The molecule has 0 aliphatic carbocycles. The SMILES string of the molecule is Cc1ccc(CBr)c(CBr)c1C. The van der Waals surface area contributed by atoms with Gasteiger partial charge in [0.05, 0.1) is 0 Å². The third-order valence-electron chi connectivity index (χ3n) is 2.24. The molecule has 0 amide bonds. The van der Waals surface area contributed by atoms with Crippen LogP contribution in [0.1, 0.15) is 22.3 Å². The van der Waals surface area contributed by atoms with Crippen molar-refractivity contribution in [1.29, 1.82) is 0 Å². The van der Waals surface area contributed by atoms with Gasteiger partial charge in [0.1, 0.15) is 0 Å². The van der Waals surface area contributed by atoms with Gasteiger partial charge in [0.2, 0.25) is 0 Å². The first-order chi connectivity index (χ1) is 5.70. The van der Waals surface area contributed by atoms with Crippen LogP contribution < -0.4 is 0 Å². The molecule has 0 heterocycles. The van der Waals surface area contributed by atoms with Gasteiger partial charge < -0.3 is 0 Å². The number of rotatable bonds is 2. The van der Waals surface area contributed by atoms with Crippen molar-refractivity contribution in [2.75, 3.05) is 0 Å². The number of hydrogen-bond donors (Lipinski definition) is 0. The number of halogens is 2. The maximum atomic E-state index is 3.51. The lowest BCUT2D eigenvalue weighted by Gasteiger charge is -2.10. The highest BCUT2D eigenvalue weighted by Crippen LogP contribution is 2.22. The van der Waals surface area contributed by atoms with E-state index >= 15 is 0 Å². The normalized spacial score (nSPS) is 10.3. The number of aryl methyl sites for hydroxylation is 1. The molecule has 1 aromatic rings. The van der Waals surface area contributed by atoms with Gasteiger partial charge in [0.15, 0.2) is 0 Å². The van der Waals surface area contributed by atoms with Crippen LogP contribution in [0, 0.1) is 13.8 Å². The second kappa shape index (κ2) is 4.43. The highest BCUT2D eigenvalue weighted by Gasteiger charge is 2.04. The van der Waals surface area contributed by atoms with Crippen molar-refractivity contribution in [3.8, 4) is 0 Å². The molecule has 0 atom stereocenters. The van der Waals surface area contributed by atoms with Gasteiger partial charge in [-0.2, -0.15) is 0 Å². The van der Waals surface area contributed by atoms with E-state index in [1.807, 2.05) is 0 Å². The van der Waals surface area contributed by atoms with E-state index in [1.54, 1.807) is 0 Å². The summed E-state index contributed by atoms with van der Waals surface area (Å²) < 4.78 is 0. The van der Waals surface area contributed by atoms with Gasteiger partial charge in [-0.1, -0.05) is 44.0 Å². The standard InChI is InChI=1S/C10H12Br2/c1-7-3-4-9(5-11)10(6-12)8(7)2/h3-4H,5-6H2,1-2H3. The Bertz CT molecular complexity index is 279. The van der Waals surface area contributed by atoms with E-state index < -0.39 is 0 Å². The lowest BCUT2D eigenvalue weighted by Crippen LogP contribution is -1.94. The first kappa shape index (κ1) is 10.3. The Morgan fingerprint density at radius 1 is 1.08 bits per heavy atom. The van der Waals surface area contributed by atoms with Crippen molar-refractivity contribution in [3.63, 3.8) is 0 Å². The Morgan fingerprint density at radius 3 is 2.25 bits per heavy atom. The fraction of sp³-hybridized carbons (Fsp3) is 0.400. The largest absolute Gasteiger partial charge is 0.0876 e. The summed E-state index contributed by atoms with van der Waals surface area (Å²) in [5.74, 6) is 0. The van der Waals surface area contributed by atoms with Crippen molar-refractivity contribution < 1.29 is 0 Å². The predicted octanol–water partition coefficient (Wildman–Crippen LogP) is 4.09. The number of benzene rings is 1. The number of alkyl halides is 2. The first-order valence-corrected chi connectivity index (χ1v) is 6.15. The van der Waals surface area contributed by atoms with Crippen LogP contribution in [0.2, 0.25) is 0 Å². The Kier molecular flexibility index (Phi) is 3.78. The quantitative estimate of drug-likeness (QED) is 0.720. The van der Waals surface area contributed by atoms with Crippen molar-refractivity contribution in [3.05, 3.63) is 34.4 Å². The molecule has 0 aliphatic rings. The molecule has 0 fully saturated rings. The summed E-state index contributed by atoms with van der Waals surface area (Å²) in [6.45, 7) is 4.33. The molecule has 0 aliphatic heterocycles. The van der Waals surface area contributed by atoms with Crippen molar-refractivity contribution in [1.82, 2.24) is 0 Å². The highest BCUT2D eigenvalue weighted by molar-refractivity contribution is 9.09. The first-order valence-electron chi connectivity index (χ1n) is 3.90. The van der Waals surface area contributed by atoms with E-state index in [0.29, 0.717) is 0 Å². The molecule has 0 saturated carbocycles. The lowest BCUT2D eigenvalue weighted by molar-refractivity contribution is 1.20. The molecule has 0 bridgehead atoms. The van der Waals surface area contributed by atoms with Crippen LogP contribution in [-0.2, 0) is 10.7 Å². The maximum Gasteiger partial charge on any atom is 0.0288 e. The molecule has 0 aromatic heterocycles. The highest BCUT2D eigenvalue weighted by atomic mass is 79.9. The van der Waals surface area contributed by atoms with E-state index in [0.717, 1.165) is 10.7 Å².